The molecule has 86 valence electrons. The zero-order valence-corrected chi connectivity index (χ0v) is 10.5. The molecule has 0 aromatic rings. The lowest BCUT2D eigenvalue weighted by Crippen LogP contribution is -2.28. The van der Waals surface area contributed by atoms with Gasteiger partial charge in [0.15, 0.2) is 0 Å². The minimum atomic E-state index is 0.201. The van der Waals surface area contributed by atoms with Crippen molar-refractivity contribution < 1.29 is 5.11 Å². The summed E-state index contributed by atoms with van der Waals surface area (Å²) in [6, 6.07) is 2.43. The van der Waals surface area contributed by atoms with E-state index >= 15 is 0 Å². The van der Waals surface area contributed by atoms with Crippen molar-refractivity contribution in [3.8, 4) is 6.07 Å². The number of hydrogen-bond donors (Lipinski definition) is 1. The summed E-state index contributed by atoms with van der Waals surface area (Å²) in [5, 5.41) is 18.8. The Hall–Kier alpha value is -0.200. The number of rotatable bonds is 4. The van der Waals surface area contributed by atoms with Crippen LogP contribution in [0.3, 0.4) is 0 Å². The lowest BCUT2D eigenvalue weighted by molar-refractivity contribution is 0.295. The molecule has 0 aliphatic heterocycles. The molecule has 1 rings (SSSR count). The van der Waals surface area contributed by atoms with Gasteiger partial charge in [-0.15, -0.1) is 0 Å². The summed E-state index contributed by atoms with van der Waals surface area (Å²) in [6.07, 6.45) is 4.64. The molecule has 1 fully saturated rings. The number of hydrogen-bond acceptors (Lipinski definition) is 3. The molecule has 4 unspecified atom stereocenters. The smallest absolute Gasteiger partial charge is 0.0667 e. The fourth-order valence-electron chi connectivity index (χ4n) is 2.22. The third kappa shape index (κ3) is 3.70. The molecule has 0 aromatic heterocycles. The highest BCUT2D eigenvalue weighted by molar-refractivity contribution is 8.00. The maximum atomic E-state index is 9.08. The van der Waals surface area contributed by atoms with E-state index in [1.807, 2.05) is 6.92 Å². The summed E-state index contributed by atoms with van der Waals surface area (Å²) in [4.78, 5) is 0. The van der Waals surface area contributed by atoms with Gasteiger partial charge in [0.2, 0.25) is 0 Å². The summed E-state index contributed by atoms with van der Waals surface area (Å²) >= 11 is 1.80. The second-order valence-corrected chi connectivity index (χ2v) is 6.17. The van der Waals surface area contributed by atoms with Gasteiger partial charge in [-0.3, -0.25) is 0 Å². The third-order valence-electron chi connectivity index (χ3n) is 3.31. The summed E-state index contributed by atoms with van der Waals surface area (Å²) < 4.78 is 0. The third-order valence-corrected chi connectivity index (χ3v) is 4.79. The summed E-state index contributed by atoms with van der Waals surface area (Å²) in [5.74, 6) is 0.991. The molecule has 1 aliphatic rings. The number of nitriles is 1. The number of thioether (sulfide) groups is 1. The van der Waals surface area contributed by atoms with Crippen molar-refractivity contribution in [3.63, 3.8) is 0 Å². The molecule has 3 heteroatoms. The van der Waals surface area contributed by atoms with Crippen LogP contribution in [0.1, 0.15) is 39.5 Å². The first-order chi connectivity index (χ1) is 7.21. The molecule has 0 bridgehead atoms. The van der Waals surface area contributed by atoms with Crippen molar-refractivity contribution >= 4 is 11.8 Å². The van der Waals surface area contributed by atoms with Crippen LogP contribution < -0.4 is 0 Å². The second kappa shape index (κ2) is 6.40. The molecule has 15 heavy (non-hydrogen) atoms. The van der Waals surface area contributed by atoms with E-state index in [2.05, 4.69) is 13.0 Å². The molecule has 1 aliphatic carbocycles. The number of aliphatic hydroxyl groups is 1. The van der Waals surface area contributed by atoms with E-state index < -0.39 is 0 Å². The highest BCUT2D eigenvalue weighted by atomic mass is 32.2. The van der Waals surface area contributed by atoms with Crippen LogP contribution in [0, 0.1) is 23.2 Å². The van der Waals surface area contributed by atoms with Crippen LogP contribution in [0.2, 0.25) is 0 Å². The van der Waals surface area contributed by atoms with E-state index in [1.54, 1.807) is 11.8 Å². The maximum Gasteiger partial charge on any atom is 0.0667 e. The van der Waals surface area contributed by atoms with Gasteiger partial charge in [0.1, 0.15) is 0 Å². The summed E-state index contributed by atoms with van der Waals surface area (Å²) in [6.45, 7) is 4.49. The van der Waals surface area contributed by atoms with Crippen LogP contribution in [0.5, 0.6) is 0 Å². The highest BCUT2D eigenvalue weighted by Crippen LogP contribution is 2.39. The average Bonchev–Trinajstić information content (AvgIpc) is 2.28. The van der Waals surface area contributed by atoms with Crippen LogP contribution >= 0.6 is 11.8 Å². The number of nitrogens with zero attached hydrogens (tertiary/aromatic N) is 1. The summed E-state index contributed by atoms with van der Waals surface area (Å²) in [7, 11) is 0. The van der Waals surface area contributed by atoms with E-state index in [-0.39, 0.29) is 17.8 Å². The molecule has 0 radical (unpaired) electrons. The van der Waals surface area contributed by atoms with Crippen LogP contribution in [0.15, 0.2) is 0 Å². The van der Waals surface area contributed by atoms with Crippen molar-refractivity contribution in [3.05, 3.63) is 0 Å². The highest BCUT2D eigenvalue weighted by Gasteiger charge is 2.31. The fourth-order valence-corrected chi connectivity index (χ4v) is 3.67. The zero-order valence-electron chi connectivity index (χ0n) is 9.65. The lowest BCUT2D eigenvalue weighted by atomic mass is 9.81. The van der Waals surface area contributed by atoms with Crippen molar-refractivity contribution in [2.45, 2.75) is 50.0 Å². The quantitative estimate of drug-likeness (QED) is 0.803. The standard InChI is InChI=1S/C12H21NOS/c1-3-10-4-5-11(7-13)12(6-10)15-9(2)8-14/h9-12,14H,3-6,8H2,1-2H3. The van der Waals surface area contributed by atoms with Crippen LogP contribution in [0.25, 0.3) is 0 Å². The van der Waals surface area contributed by atoms with Gasteiger partial charge >= 0.3 is 0 Å². The van der Waals surface area contributed by atoms with Crippen LogP contribution in [-0.4, -0.2) is 22.2 Å². The van der Waals surface area contributed by atoms with Gasteiger partial charge < -0.3 is 5.11 Å². The molecule has 0 heterocycles. The van der Waals surface area contributed by atoms with Crippen molar-refractivity contribution in [1.82, 2.24) is 0 Å². The Labute approximate surface area is 97.1 Å². The van der Waals surface area contributed by atoms with Gasteiger partial charge in [-0.25, -0.2) is 0 Å². The Balaban J connectivity index is 2.52. The van der Waals surface area contributed by atoms with Gasteiger partial charge in [-0.1, -0.05) is 20.3 Å². The molecule has 2 nitrogen and oxygen atoms in total. The monoisotopic (exact) mass is 227 g/mol. The van der Waals surface area contributed by atoms with Crippen molar-refractivity contribution in [2.75, 3.05) is 6.61 Å². The van der Waals surface area contributed by atoms with Gasteiger partial charge in [0, 0.05) is 10.5 Å². The van der Waals surface area contributed by atoms with E-state index in [9.17, 15) is 0 Å². The van der Waals surface area contributed by atoms with E-state index in [0.717, 1.165) is 18.8 Å². The molecule has 0 aromatic carbocycles. The topological polar surface area (TPSA) is 44.0 Å². The Morgan fingerprint density at radius 2 is 2.27 bits per heavy atom. The second-order valence-electron chi connectivity index (χ2n) is 4.49. The molecular formula is C12H21NOS. The lowest BCUT2D eigenvalue weighted by Gasteiger charge is -2.33. The minimum absolute atomic E-state index is 0.201. The Bertz CT molecular complexity index is 224. The minimum Gasteiger partial charge on any atom is -0.395 e. The van der Waals surface area contributed by atoms with Crippen molar-refractivity contribution in [2.24, 2.45) is 11.8 Å². The molecule has 0 amide bonds. The summed E-state index contributed by atoms with van der Waals surface area (Å²) in [5.41, 5.74) is 0. The average molecular weight is 227 g/mol. The van der Waals surface area contributed by atoms with E-state index in [1.165, 1.54) is 12.8 Å². The van der Waals surface area contributed by atoms with Gasteiger partial charge in [0.05, 0.1) is 18.6 Å². The molecule has 1 saturated carbocycles. The predicted octanol–water partition coefficient (Wildman–Crippen LogP) is 2.82. The van der Waals surface area contributed by atoms with Crippen LogP contribution in [0.4, 0.5) is 0 Å². The Morgan fingerprint density at radius 3 is 2.80 bits per heavy atom. The first kappa shape index (κ1) is 12.9. The van der Waals surface area contributed by atoms with E-state index in [4.69, 9.17) is 10.4 Å². The van der Waals surface area contributed by atoms with Gasteiger partial charge in [-0.2, -0.15) is 17.0 Å². The zero-order chi connectivity index (χ0) is 11.3. The first-order valence-electron chi connectivity index (χ1n) is 5.87. The molecule has 4 atom stereocenters. The molecule has 1 N–H and O–H groups in total. The molecule has 0 spiro atoms. The maximum absolute atomic E-state index is 9.08. The molecular weight excluding hydrogens is 206 g/mol. The normalized spacial score (nSPS) is 33.3. The van der Waals surface area contributed by atoms with E-state index in [0.29, 0.717) is 5.25 Å². The van der Waals surface area contributed by atoms with Crippen molar-refractivity contribution in [1.29, 1.82) is 5.26 Å². The van der Waals surface area contributed by atoms with Crippen LogP contribution in [-0.2, 0) is 0 Å². The fraction of sp³-hybridized carbons (Fsp3) is 0.917. The Kier molecular flexibility index (Phi) is 5.49. The molecule has 0 saturated heterocycles. The first-order valence-corrected chi connectivity index (χ1v) is 6.81. The number of aliphatic hydroxyl groups excluding tert-OH is 1. The van der Waals surface area contributed by atoms with Gasteiger partial charge in [0.25, 0.3) is 0 Å². The Morgan fingerprint density at radius 1 is 1.53 bits per heavy atom. The van der Waals surface area contributed by atoms with Gasteiger partial charge in [-0.05, 0) is 25.2 Å². The largest absolute Gasteiger partial charge is 0.395 e. The SMILES string of the molecule is CCC1CCC(C#N)C(SC(C)CO)C1. The predicted molar refractivity (Wildman–Crippen MR) is 64.7 cm³/mol.